The highest BCUT2D eigenvalue weighted by Crippen LogP contribution is 2.35. The molecule has 1 aliphatic rings. The second-order valence-electron chi connectivity index (χ2n) is 9.09. The molecule has 2 unspecified atom stereocenters. The Labute approximate surface area is 188 Å². The number of phenolic OH excluding ortho intramolecular Hbond substituents is 1. The lowest BCUT2D eigenvalue weighted by Crippen LogP contribution is -2.41. The molecule has 4 rings (SSSR count). The maximum Gasteiger partial charge on any atom is 0.404 e. The molecular weight excluding hydrogens is 404 g/mol. The number of carboxylic acid groups (broad SMARTS) is 1. The summed E-state index contributed by atoms with van der Waals surface area (Å²) in [5, 5.41) is 23.4. The minimum atomic E-state index is -0.973. The highest BCUT2D eigenvalue weighted by molar-refractivity contribution is 5.92. The molecule has 168 valence electrons. The number of fused-ring (bicyclic) bond motifs is 1. The third kappa shape index (κ3) is 4.61. The average Bonchev–Trinajstić information content (AvgIpc) is 3.22. The number of aromatic hydroxyl groups is 1. The Morgan fingerprint density at radius 2 is 2.00 bits per heavy atom. The lowest BCUT2D eigenvalue weighted by molar-refractivity contribution is 0.181. The van der Waals surface area contributed by atoms with E-state index < -0.39 is 6.09 Å². The second-order valence-corrected chi connectivity index (χ2v) is 9.09. The van der Waals surface area contributed by atoms with E-state index in [1.807, 2.05) is 31.2 Å². The Balaban J connectivity index is 1.72. The lowest BCUT2D eigenvalue weighted by atomic mass is 9.91. The molecule has 32 heavy (non-hydrogen) atoms. The number of rotatable bonds is 6. The van der Waals surface area contributed by atoms with E-state index in [4.69, 9.17) is 9.97 Å². The van der Waals surface area contributed by atoms with Gasteiger partial charge in [0.1, 0.15) is 11.6 Å². The fourth-order valence-electron chi connectivity index (χ4n) is 4.59. The van der Waals surface area contributed by atoms with Crippen LogP contribution in [0, 0.1) is 18.8 Å². The van der Waals surface area contributed by atoms with Crippen molar-refractivity contribution in [1.29, 1.82) is 0 Å². The smallest absolute Gasteiger partial charge is 0.404 e. The van der Waals surface area contributed by atoms with Crippen molar-refractivity contribution in [1.82, 2.24) is 15.3 Å². The zero-order valence-electron chi connectivity index (χ0n) is 18.7. The van der Waals surface area contributed by atoms with Gasteiger partial charge in [0.25, 0.3) is 0 Å². The molecule has 2 heterocycles. The number of anilines is 1. The zero-order valence-corrected chi connectivity index (χ0v) is 18.7. The average molecular weight is 435 g/mol. The minimum Gasteiger partial charge on any atom is -0.507 e. The summed E-state index contributed by atoms with van der Waals surface area (Å²) in [5.74, 6) is 2.07. The van der Waals surface area contributed by atoms with E-state index in [-0.39, 0.29) is 17.7 Å². The molecule has 0 aliphatic carbocycles. The molecule has 0 bridgehead atoms. The van der Waals surface area contributed by atoms with Gasteiger partial charge in [0.2, 0.25) is 0 Å². The third-order valence-electron chi connectivity index (χ3n) is 6.10. The van der Waals surface area contributed by atoms with Gasteiger partial charge in [0.15, 0.2) is 5.82 Å². The second kappa shape index (κ2) is 9.02. The van der Waals surface area contributed by atoms with Crippen LogP contribution in [0.3, 0.4) is 0 Å². The summed E-state index contributed by atoms with van der Waals surface area (Å²) in [7, 11) is 0. The molecule has 0 saturated carbocycles. The maximum absolute atomic E-state index is 11.4. The Bertz CT molecular complexity index is 1130. The Hall–Kier alpha value is -3.35. The van der Waals surface area contributed by atoms with Crippen LogP contribution >= 0.6 is 0 Å². The van der Waals surface area contributed by atoms with Crippen LogP contribution in [0.2, 0.25) is 0 Å². The van der Waals surface area contributed by atoms with Crippen molar-refractivity contribution in [3.05, 3.63) is 48.0 Å². The van der Waals surface area contributed by atoms with Crippen molar-refractivity contribution in [3.63, 3.8) is 0 Å². The van der Waals surface area contributed by atoms with Crippen LogP contribution in [0.1, 0.15) is 32.3 Å². The van der Waals surface area contributed by atoms with Gasteiger partial charge in [0, 0.05) is 24.5 Å². The Morgan fingerprint density at radius 3 is 2.72 bits per heavy atom. The molecule has 1 amide bonds. The van der Waals surface area contributed by atoms with Crippen molar-refractivity contribution in [2.75, 3.05) is 18.0 Å². The number of nitrogens with one attached hydrogen (secondary N) is 1. The summed E-state index contributed by atoms with van der Waals surface area (Å²) in [6.45, 7) is 7.77. The number of aryl methyl sites for hydroxylation is 1. The Morgan fingerprint density at radius 1 is 1.22 bits per heavy atom. The summed E-state index contributed by atoms with van der Waals surface area (Å²) in [4.78, 5) is 23.2. The first-order chi connectivity index (χ1) is 15.3. The van der Waals surface area contributed by atoms with Gasteiger partial charge in [-0.2, -0.15) is 0 Å². The number of hydrogen-bond donors (Lipinski definition) is 3. The highest BCUT2D eigenvalue weighted by Gasteiger charge is 2.32. The molecule has 3 N–H and O–H groups in total. The van der Waals surface area contributed by atoms with Crippen molar-refractivity contribution < 1.29 is 15.0 Å². The number of para-hydroxylation sites is 1. The molecule has 2 aromatic carbocycles. The molecule has 1 aromatic heterocycles. The van der Waals surface area contributed by atoms with Crippen LogP contribution in [-0.4, -0.2) is 45.4 Å². The molecule has 1 saturated heterocycles. The number of amides is 1. The maximum atomic E-state index is 11.4. The van der Waals surface area contributed by atoms with E-state index in [1.165, 1.54) is 0 Å². The zero-order chi connectivity index (χ0) is 22.8. The van der Waals surface area contributed by atoms with Crippen LogP contribution < -0.4 is 10.2 Å². The van der Waals surface area contributed by atoms with E-state index in [0.717, 1.165) is 48.2 Å². The van der Waals surface area contributed by atoms with Crippen LogP contribution in [-0.2, 0) is 0 Å². The predicted octanol–water partition coefficient (Wildman–Crippen LogP) is 4.82. The fraction of sp³-hybridized carbons (Fsp3) is 0.400. The van der Waals surface area contributed by atoms with Gasteiger partial charge in [-0.15, -0.1) is 0 Å². The molecule has 7 nitrogen and oxygen atoms in total. The first kappa shape index (κ1) is 21.9. The van der Waals surface area contributed by atoms with Crippen LogP contribution in [0.15, 0.2) is 42.5 Å². The van der Waals surface area contributed by atoms with E-state index in [9.17, 15) is 15.0 Å². The molecule has 3 aromatic rings. The van der Waals surface area contributed by atoms with E-state index in [0.29, 0.717) is 17.3 Å². The number of aromatic nitrogens is 2. The van der Waals surface area contributed by atoms with Gasteiger partial charge < -0.3 is 20.4 Å². The van der Waals surface area contributed by atoms with Crippen molar-refractivity contribution in [2.24, 2.45) is 11.8 Å². The van der Waals surface area contributed by atoms with Gasteiger partial charge in [-0.1, -0.05) is 32.0 Å². The van der Waals surface area contributed by atoms with Crippen molar-refractivity contribution in [2.45, 2.75) is 39.7 Å². The molecule has 1 fully saturated rings. The van der Waals surface area contributed by atoms with Gasteiger partial charge in [-0.25, -0.2) is 14.8 Å². The van der Waals surface area contributed by atoms with Gasteiger partial charge >= 0.3 is 6.09 Å². The third-order valence-corrected chi connectivity index (χ3v) is 6.10. The number of phenols is 1. The van der Waals surface area contributed by atoms with Crippen LogP contribution in [0.5, 0.6) is 5.75 Å². The summed E-state index contributed by atoms with van der Waals surface area (Å²) < 4.78 is 0. The molecule has 0 radical (unpaired) electrons. The lowest BCUT2D eigenvalue weighted by Gasteiger charge is -2.26. The van der Waals surface area contributed by atoms with E-state index >= 15 is 0 Å². The van der Waals surface area contributed by atoms with Crippen molar-refractivity contribution in [3.8, 4) is 17.1 Å². The Kier molecular flexibility index (Phi) is 6.17. The van der Waals surface area contributed by atoms with Gasteiger partial charge in [-0.05, 0) is 61.4 Å². The van der Waals surface area contributed by atoms with Gasteiger partial charge in [-0.3, -0.25) is 0 Å². The van der Waals surface area contributed by atoms with Crippen molar-refractivity contribution >= 4 is 22.8 Å². The SMILES string of the molecule is Cc1ccc2c(N3CCC(C(CC(C)C)NC(=O)O)C3)nc(-c3ccccc3O)nc2c1. The van der Waals surface area contributed by atoms with E-state index in [2.05, 4.69) is 30.1 Å². The quantitative estimate of drug-likeness (QED) is 0.514. The van der Waals surface area contributed by atoms with E-state index in [1.54, 1.807) is 12.1 Å². The largest absolute Gasteiger partial charge is 0.507 e. The summed E-state index contributed by atoms with van der Waals surface area (Å²) in [6.07, 6.45) is 0.720. The minimum absolute atomic E-state index is 0.0921. The summed E-state index contributed by atoms with van der Waals surface area (Å²) >= 11 is 0. The number of nitrogens with zero attached hydrogens (tertiary/aromatic N) is 3. The monoisotopic (exact) mass is 434 g/mol. The first-order valence-electron chi connectivity index (χ1n) is 11.1. The molecule has 7 heteroatoms. The molecular formula is C25H30N4O3. The number of carbonyl (C=O) groups is 1. The number of benzene rings is 2. The predicted molar refractivity (Wildman–Crippen MR) is 126 cm³/mol. The van der Waals surface area contributed by atoms with Crippen LogP contribution in [0.4, 0.5) is 10.6 Å². The molecule has 1 aliphatic heterocycles. The molecule has 2 atom stereocenters. The van der Waals surface area contributed by atoms with Gasteiger partial charge in [0.05, 0.1) is 11.1 Å². The molecule has 0 spiro atoms. The highest BCUT2D eigenvalue weighted by atomic mass is 16.4. The fourth-order valence-corrected chi connectivity index (χ4v) is 4.59. The standard InChI is InChI=1S/C25H30N4O3/c1-15(2)12-20(27-25(31)32)17-10-11-29(14-17)24-18-9-8-16(3)13-21(18)26-23(28-24)19-6-4-5-7-22(19)30/h4-9,13,15,17,20,27,30H,10-12,14H2,1-3H3,(H,31,32). The topological polar surface area (TPSA) is 98.6 Å². The number of hydrogen-bond acceptors (Lipinski definition) is 5. The normalized spacial score (nSPS) is 17.1. The first-order valence-corrected chi connectivity index (χ1v) is 11.1. The van der Waals surface area contributed by atoms with Crippen LogP contribution in [0.25, 0.3) is 22.3 Å². The summed E-state index contributed by atoms with van der Waals surface area (Å²) in [5.41, 5.74) is 2.53. The summed E-state index contributed by atoms with van der Waals surface area (Å²) in [6, 6.07) is 13.1.